The van der Waals surface area contributed by atoms with Crippen LogP contribution in [0.2, 0.25) is 0 Å². The Balaban J connectivity index is 2.81. The summed E-state index contributed by atoms with van der Waals surface area (Å²) in [6.07, 6.45) is 0. The molecule has 0 heterocycles. The van der Waals surface area contributed by atoms with Crippen LogP contribution in [0.3, 0.4) is 0 Å². The maximum Gasteiger partial charge on any atom is 0.318 e. The quantitative estimate of drug-likeness (QED) is 0.213. The lowest BCUT2D eigenvalue weighted by atomic mass is 9.83. The number of carbonyl (C=O) groups excluding carboxylic acids is 1. The number of ether oxygens (including phenoxy) is 2. The average molecular weight is 417 g/mol. The lowest BCUT2D eigenvalue weighted by molar-refractivity contribution is -0.149. The van der Waals surface area contributed by atoms with Crippen LogP contribution in [0.1, 0.15) is 19.4 Å². The first kappa shape index (κ1) is 18.7. The van der Waals surface area contributed by atoms with E-state index in [0.29, 0.717) is 13.2 Å². The molecule has 1 aromatic carbocycles. The van der Waals surface area contributed by atoms with Crippen molar-refractivity contribution in [3.63, 3.8) is 0 Å². The largest absolute Gasteiger partial charge is 0.468 e. The van der Waals surface area contributed by atoms with Gasteiger partial charge in [0.15, 0.2) is 0 Å². The van der Waals surface area contributed by atoms with Crippen molar-refractivity contribution in [1.29, 1.82) is 0 Å². The molecule has 120 valence electrons. The Morgan fingerprint density at radius 3 is 2.86 bits per heavy atom. The normalized spacial score (nSPS) is 14.5. The number of benzene rings is 1. The molecule has 0 saturated heterocycles. The van der Waals surface area contributed by atoms with E-state index in [1.54, 1.807) is 0 Å². The molecule has 22 heavy (non-hydrogen) atoms. The van der Waals surface area contributed by atoms with E-state index in [-0.39, 0.29) is 18.5 Å². The number of hydrogen-bond donors (Lipinski definition) is 0. The molecule has 2 unspecified atom stereocenters. The van der Waals surface area contributed by atoms with Crippen molar-refractivity contribution in [3.8, 4) is 0 Å². The van der Waals surface area contributed by atoms with Gasteiger partial charge in [0.05, 0.1) is 13.7 Å². The van der Waals surface area contributed by atoms with Gasteiger partial charge in [0.2, 0.25) is 0 Å². The van der Waals surface area contributed by atoms with Crippen LogP contribution in [0, 0.1) is 9.49 Å². The van der Waals surface area contributed by atoms with Crippen LogP contribution < -0.4 is 0 Å². The SMILES string of the molecule is COC(=O)C(C)(COCC(C)CN=[N+]=[N-])c1cccc(I)c1. The number of hydrogen-bond acceptors (Lipinski definition) is 4. The first-order valence-corrected chi connectivity index (χ1v) is 7.95. The summed E-state index contributed by atoms with van der Waals surface area (Å²) in [7, 11) is 1.37. The molecule has 0 aliphatic carbocycles. The highest BCUT2D eigenvalue weighted by atomic mass is 127. The van der Waals surface area contributed by atoms with Crippen LogP contribution in [0.25, 0.3) is 10.4 Å². The average Bonchev–Trinajstić information content (AvgIpc) is 2.51. The number of halogens is 1. The number of methoxy groups -OCH3 is 1. The zero-order valence-electron chi connectivity index (χ0n) is 13.0. The lowest BCUT2D eigenvalue weighted by Gasteiger charge is -2.27. The fourth-order valence-corrected chi connectivity index (χ4v) is 2.55. The van der Waals surface area contributed by atoms with Crippen molar-refractivity contribution in [3.05, 3.63) is 43.8 Å². The van der Waals surface area contributed by atoms with E-state index in [9.17, 15) is 4.79 Å². The molecule has 0 radical (unpaired) electrons. The lowest BCUT2D eigenvalue weighted by Crippen LogP contribution is -2.39. The molecule has 6 nitrogen and oxygen atoms in total. The minimum atomic E-state index is -0.867. The third-order valence-corrected chi connectivity index (χ3v) is 4.02. The van der Waals surface area contributed by atoms with E-state index in [1.807, 2.05) is 38.1 Å². The van der Waals surface area contributed by atoms with Gasteiger partial charge in [-0.25, -0.2) is 0 Å². The molecule has 0 N–H and O–H groups in total. The van der Waals surface area contributed by atoms with Gasteiger partial charge in [-0.1, -0.05) is 24.2 Å². The monoisotopic (exact) mass is 417 g/mol. The molecule has 2 atom stereocenters. The molecule has 1 rings (SSSR count). The molecule has 0 saturated carbocycles. The summed E-state index contributed by atoms with van der Waals surface area (Å²) in [6.45, 7) is 4.72. The summed E-state index contributed by atoms with van der Waals surface area (Å²) in [5, 5.41) is 3.52. The Kier molecular flexibility index (Phi) is 7.64. The van der Waals surface area contributed by atoms with Crippen LogP contribution in [0.15, 0.2) is 29.4 Å². The fourth-order valence-electron chi connectivity index (χ4n) is 2.01. The van der Waals surface area contributed by atoms with Crippen molar-refractivity contribution >= 4 is 28.6 Å². The van der Waals surface area contributed by atoms with Gasteiger partial charge in [-0.15, -0.1) is 0 Å². The molecule has 0 aliphatic heterocycles. The molecular formula is C15H20IN3O3. The van der Waals surface area contributed by atoms with Crippen molar-refractivity contribution in [1.82, 2.24) is 0 Å². The molecule has 0 spiro atoms. The first-order valence-electron chi connectivity index (χ1n) is 6.87. The van der Waals surface area contributed by atoms with Crippen LogP contribution in [-0.2, 0) is 19.7 Å². The Labute approximate surface area is 144 Å². The first-order chi connectivity index (χ1) is 10.4. The fraction of sp³-hybridized carbons (Fsp3) is 0.533. The highest BCUT2D eigenvalue weighted by Gasteiger charge is 2.37. The van der Waals surface area contributed by atoms with Crippen LogP contribution >= 0.6 is 22.6 Å². The molecular weight excluding hydrogens is 397 g/mol. The van der Waals surface area contributed by atoms with Gasteiger partial charge in [0.1, 0.15) is 5.41 Å². The van der Waals surface area contributed by atoms with E-state index in [2.05, 4.69) is 32.6 Å². The Hall–Kier alpha value is -1.31. The summed E-state index contributed by atoms with van der Waals surface area (Å²) in [5.74, 6) is -0.245. The Bertz CT molecular complexity index is 561. The topological polar surface area (TPSA) is 84.3 Å². The van der Waals surface area contributed by atoms with Crippen LogP contribution in [0.4, 0.5) is 0 Å². The van der Waals surface area contributed by atoms with Crippen molar-refractivity contribution in [2.75, 3.05) is 26.9 Å². The zero-order valence-corrected chi connectivity index (χ0v) is 15.1. The summed E-state index contributed by atoms with van der Waals surface area (Å²) in [5.41, 5.74) is 8.29. The number of carbonyl (C=O) groups is 1. The van der Waals surface area contributed by atoms with Gasteiger partial charge in [-0.3, -0.25) is 4.79 Å². The number of nitrogens with zero attached hydrogens (tertiary/aromatic N) is 3. The Morgan fingerprint density at radius 1 is 1.55 bits per heavy atom. The molecule has 1 aromatic rings. The Morgan fingerprint density at radius 2 is 2.27 bits per heavy atom. The van der Waals surface area contributed by atoms with Gasteiger partial charge in [-0.05, 0) is 58.7 Å². The minimum Gasteiger partial charge on any atom is -0.468 e. The van der Waals surface area contributed by atoms with Gasteiger partial charge in [0.25, 0.3) is 0 Å². The minimum absolute atomic E-state index is 0.0914. The van der Waals surface area contributed by atoms with Crippen molar-refractivity contribution < 1.29 is 14.3 Å². The van der Waals surface area contributed by atoms with Gasteiger partial charge >= 0.3 is 5.97 Å². The van der Waals surface area contributed by atoms with Crippen LogP contribution in [-0.4, -0.2) is 32.8 Å². The predicted octanol–water partition coefficient (Wildman–Crippen LogP) is 3.68. The third-order valence-electron chi connectivity index (χ3n) is 3.35. The highest BCUT2D eigenvalue weighted by molar-refractivity contribution is 14.1. The molecule has 0 aromatic heterocycles. The second kappa shape index (κ2) is 8.97. The molecule has 0 aliphatic rings. The summed E-state index contributed by atoms with van der Waals surface area (Å²) in [4.78, 5) is 14.9. The van der Waals surface area contributed by atoms with E-state index in [1.165, 1.54) is 7.11 Å². The summed E-state index contributed by atoms with van der Waals surface area (Å²) in [6, 6.07) is 7.71. The number of rotatable bonds is 8. The van der Waals surface area contributed by atoms with E-state index in [4.69, 9.17) is 15.0 Å². The standard InChI is InChI=1S/C15H20IN3O3/c1-11(8-18-19-17)9-22-10-15(2,14(20)21-3)12-5-4-6-13(16)7-12/h4-7,11H,8-10H2,1-3H3. The van der Waals surface area contributed by atoms with Crippen LogP contribution in [0.5, 0.6) is 0 Å². The predicted molar refractivity (Wildman–Crippen MR) is 92.5 cm³/mol. The van der Waals surface area contributed by atoms with E-state index < -0.39 is 5.41 Å². The second-order valence-corrected chi connectivity index (χ2v) is 6.61. The van der Waals surface area contributed by atoms with Gasteiger partial charge < -0.3 is 9.47 Å². The zero-order chi connectivity index (χ0) is 16.6. The van der Waals surface area contributed by atoms with E-state index in [0.717, 1.165) is 9.13 Å². The molecule has 0 fully saturated rings. The second-order valence-electron chi connectivity index (χ2n) is 5.37. The van der Waals surface area contributed by atoms with Crippen molar-refractivity contribution in [2.45, 2.75) is 19.3 Å². The maximum absolute atomic E-state index is 12.2. The summed E-state index contributed by atoms with van der Waals surface area (Å²) < 4.78 is 11.7. The molecule has 7 heteroatoms. The third kappa shape index (κ3) is 5.15. The summed E-state index contributed by atoms with van der Waals surface area (Å²) >= 11 is 2.20. The van der Waals surface area contributed by atoms with Gasteiger partial charge in [-0.2, -0.15) is 0 Å². The van der Waals surface area contributed by atoms with Crippen molar-refractivity contribution in [2.24, 2.45) is 11.0 Å². The smallest absolute Gasteiger partial charge is 0.318 e. The van der Waals surface area contributed by atoms with Gasteiger partial charge in [0, 0.05) is 21.6 Å². The van der Waals surface area contributed by atoms with E-state index >= 15 is 0 Å². The maximum atomic E-state index is 12.2. The molecule has 0 amide bonds. The molecule has 0 bridgehead atoms. The highest BCUT2D eigenvalue weighted by Crippen LogP contribution is 2.27. The number of azide groups is 1. The number of esters is 1.